The number of alkyl halides is 3. The highest BCUT2D eigenvalue weighted by atomic mass is 32.2. The van der Waals surface area contributed by atoms with E-state index < -0.39 is 57.3 Å². The van der Waals surface area contributed by atoms with Crippen LogP contribution in [0.5, 0.6) is 11.5 Å². The maximum Gasteiger partial charge on any atom is 0.573 e. The average molecular weight is 690 g/mol. The first-order valence-corrected chi connectivity index (χ1v) is 16.2. The molecule has 0 aliphatic heterocycles. The normalized spacial score (nSPS) is 12.9. The fourth-order valence-electron chi connectivity index (χ4n) is 4.83. The number of benzene rings is 4. The van der Waals surface area contributed by atoms with Crippen LogP contribution in [-0.4, -0.2) is 57.2 Å². The van der Waals surface area contributed by atoms with E-state index in [0.29, 0.717) is 9.87 Å². The molecule has 10 nitrogen and oxygen atoms in total. The van der Waals surface area contributed by atoms with Crippen LogP contribution in [0.25, 0.3) is 0 Å². The number of para-hydroxylation sites is 1. The van der Waals surface area contributed by atoms with Crippen molar-refractivity contribution in [1.29, 1.82) is 0 Å². The van der Waals surface area contributed by atoms with Crippen LogP contribution in [0.15, 0.2) is 97.1 Å². The van der Waals surface area contributed by atoms with Gasteiger partial charge in [0, 0.05) is 13.1 Å². The van der Waals surface area contributed by atoms with E-state index in [2.05, 4.69) is 15.4 Å². The molecule has 0 aromatic heterocycles. The number of ether oxygens (including phenoxy) is 2. The summed E-state index contributed by atoms with van der Waals surface area (Å²) in [5, 5.41) is 16.9. The van der Waals surface area contributed by atoms with Crippen molar-refractivity contribution in [1.82, 2.24) is 10.6 Å². The third kappa shape index (κ3) is 9.76. The van der Waals surface area contributed by atoms with Crippen LogP contribution >= 0.6 is 0 Å². The Hall–Kier alpha value is -4.99. The number of halogens is 4. The second-order valence-corrected chi connectivity index (χ2v) is 12.3. The number of aliphatic hydroxyl groups excluding tert-OH is 1. The summed E-state index contributed by atoms with van der Waals surface area (Å²) < 4.78 is 88.6. The minimum atomic E-state index is -4.83. The largest absolute Gasteiger partial charge is 0.573 e. The first-order chi connectivity index (χ1) is 22.8. The van der Waals surface area contributed by atoms with Gasteiger partial charge in [0.1, 0.15) is 11.4 Å². The van der Waals surface area contributed by atoms with Gasteiger partial charge in [-0.3, -0.25) is 9.59 Å². The van der Waals surface area contributed by atoms with E-state index in [4.69, 9.17) is 4.74 Å². The van der Waals surface area contributed by atoms with Crippen molar-refractivity contribution in [3.8, 4) is 11.5 Å². The molecule has 4 aromatic carbocycles. The molecule has 4 aromatic rings. The molecule has 48 heavy (non-hydrogen) atoms. The van der Waals surface area contributed by atoms with Gasteiger partial charge in [0.25, 0.3) is 12.4 Å². The Kier molecular flexibility index (Phi) is 11.8. The summed E-state index contributed by atoms with van der Waals surface area (Å²) in [6.45, 7) is 0.00781. The number of anilines is 2. The summed E-state index contributed by atoms with van der Waals surface area (Å²) in [5.41, 5.74) is 0.174. The molecule has 0 aliphatic carbocycles. The van der Waals surface area contributed by atoms with Crippen molar-refractivity contribution in [3.63, 3.8) is 0 Å². The molecule has 0 bridgehead atoms. The molecule has 0 aliphatic rings. The van der Waals surface area contributed by atoms with Gasteiger partial charge in [-0.05, 0) is 53.9 Å². The highest BCUT2D eigenvalue weighted by molar-refractivity contribution is 7.92. The monoisotopic (exact) mass is 689 g/mol. The summed E-state index contributed by atoms with van der Waals surface area (Å²) in [7, 11) is -4.28. The van der Waals surface area contributed by atoms with Gasteiger partial charge in [0.15, 0.2) is 11.6 Å². The molecular weight excluding hydrogens is 658 g/mol. The zero-order valence-electron chi connectivity index (χ0n) is 25.4. The summed E-state index contributed by atoms with van der Waals surface area (Å²) in [6.07, 6.45) is -5.16. The number of nitrogens with zero attached hydrogens (tertiary/aromatic N) is 1. The fourth-order valence-corrected chi connectivity index (χ4v) is 5.85. The number of aliphatic hydroxyl groups is 1. The maximum absolute atomic E-state index is 15.9. The minimum Gasteiger partial charge on any atom is -0.426 e. The predicted octanol–water partition coefficient (Wildman–Crippen LogP) is 4.85. The van der Waals surface area contributed by atoms with Crippen LogP contribution in [0.3, 0.4) is 0 Å². The molecule has 0 spiro atoms. The Balaban J connectivity index is 1.61. The molecule has 1 amide bonds. The lowest BCUT2D eigenvalue weighted by molar-refractivity contribution is -0.274. The predicted molar refractivity (Wildman–Crippen MR) is 169 cm³/mol. The number of hydrogen-bond acceptors (Lipinski definition) is 8. The molecule has 0 saturated heterocycles. The van der Waals surface area contributed by atoms with Gasteiger partial charge in [0.05, 0.1) is 29.7 Å². The molecule has 0 saturated carbocycles. The topological polar surface area (TPSA) is 134 Å². The van der Waals surface area contributed by atoms with Crippen molar-refractivity contribution in [2.45, 2.75) is 31.5 Å². The van der Waals surface area contributed by atoms with Gasteiger partial charge in [0.2, 0.25) is 10.0 Å². The standard InChI is InChI=1S/C33H31F4N3O7S/c1-48(44,45)40(24-10-6-3-7-11-24)31-26(16-17-29(30(31)34)46-21-41)32(43)39-27(18-22-8-4-2-5-9-22)28(42)20-38-19-23-12-14-25(15-13-23)47-33(35,36)37/h2-17,21,27-28,38,42H,18-20H2,1H3,(H,39,43)/t27-,28+/m0/s1. The van der Waals surface area contributed by atoms with Crippen LogP contribution in [0.1, 0.15) is 21.5 Å². The van der Waals surface area contributed by atoms with E-state index in [1.54, 1.807) is 36.4 Å². The summed E-state index contributed by atoms with van der Waals surface area (Å²) in [4.78, 5) is 24.9. The first kappa shape index (κ1) is 35.9. The van der Waals surface area contributed by atoms with E-state index in [1.807, 2.05) is 0 Å². The smallest absolute Gasteiger partial charge is 0.426 e. The molecule has 0 unspecified atom stereocenters. The lowest BCUT2D eigenvalue weighted by atomic mass is 10.00. The van der Waals surface area contributed by atoms with Crippen LogP contribution in [0.2, 0.25) is 0 Å². The Morgan fingerprint density at radius 1 is 0.938 bits per heavy atom. The van der Waals surface area contributed by atoms with Crippen molar-refractivity contribution >= 4 is 33.8 Å². The number of sulfonamides is 1. The van der Waals surface area contributed by atoms with Gasteiger partial charge in [-0.15, -0.1) is 13.2 Å². The second-order valence-electron chi connectivity index (χ2n) is 10.5. The molecule has 2 atom stereocenters. The molecule has 0 heterocycles. The zero-order chi connectivity index (χ0) is 34.9. The quantitative estimate of drug-likeness (QED) is 0.119. The van der Waals surface area contributed by atoms with Gasteiger partial charge >= 0.3 is 6.36 Å². The van der Waals surface area contributed by atoms with Crippen molar-refractivity contribution in [2.24, 2.45) is 0 Å². The number of carbonyl (C=O) groups excluding carboxylic acids is 2. The molecular formula is C33H31F4N3O7S. The molecule has 4 rings (SSSR count). The van der Waals surface area contributed by atoms with Crippen LogP contribution in [0, 0.1) is 5.82 Å². The molecule has 3 N–H and O–H groups in total. The number of nitrogens with one attached hydrogen (secondary N) is 2. The van der Waals surface area contributed by atoms with Gasteiger partial charge in [-0.25, -0.2) is 17.1 Å². The summed E-state index contributed by atoms with van der Waals surface area (Å²) >= 11 is 0. The highest BCUT2D eigenvalue weighted by Gasteiger charge is 2.33. The highest BCUT2D eigenvalue weighted by Crippen LogP contribution is 2.38. The van der Waals surface area contributed by atoms with E-state index in [9.17, 15) is 36.3 Å². The molecule has 0 fully saturated rings. The zero-order valence-corrected chi connectivity index (χ0v) is 26.2. The summed E-state index contributed by atoms with van der Waals surface area (Å²) in [5.74, 6) is -3.24. The molecule has 0 radical (unpaired) electrons. The van der Waals surface area contributed by atoms with E-state index in [0.717, 1.165) is 36.1 Å². The third-order valence-corrected chi connectivity index (χ3v) is 8.00. The van der Waals surface area contributed by atoms with E-state index >= 15 is 4.39 Å². The maximum atomic E-state index is 15.9. The minimum absolute atomic E-state index is 0.000672. The Morgan fingerprint density at radius 2 is 1.56 bits per heavy atom. The third-order valence-electron chi connectivity index (χ3n) is 6.94. The average Bonchev–Trinajstić information content (AvgIpc) is 3.03. The van der Waals surface area contributed by atoms with Crippen LogP contribution < -0.4 is 24.4 Å². The first-order valence-electron chi connectivity index (χ1n) is 14.3. The van der Waals surface area contributed by atoms with Crippen molar-refractivity contribution in [2.75, 3.05) is 17.1 Å². The van der Waals surface area contributed by atoms with Gasteiger partial charge in [-0.2, -0.15) is 0 Å². The molecule has 15 heteroatoms. The van der Waals surface area contributed by atoms with E-state index in [1.165, 1.54) is 36.4 Å². The van der Waals surface area contributed by atoms with Crippen LogP contribution in [0.4, 0.5) is 28.9 Å². The van der Waals surface area contributed by atoms with Gasteiger partial charge < -0.3 is 25.2 Å². The second kappa shape index (κ2) is 15.7. The number of rotatable bonds is 15. The lowest BCUT2D eigenvalue weighted by Gasteiger charge is -2.28. The van der Waals surface area contributed by atoms with E-state index in [-0.39, 0.29) is 37.4 Å². The Morgan fingerprint density at radius 3 is 2.15 bits per heavy atom. The lowest BCUT2D eigenvalue weighted by Crippen LogP contribution is -2.49. The number of carbonyl (C=O) groups is 2. The SMILES string of the molecule is CS(=O)(=O)N(c1ccccc1)c1c(C(=O)N[C@@H](Cc2ccccc2)[C@H](O)CNCc2ccc(OC(F)(F)F)cc2)ccc(OC=O)c1F. The number of amides is 1. The number of hydrogen-bond donors (Lipinski definition) is 3. The Bertz CT molecular complexity index is 1790. The van der Waals surface area contributed by atoms with Crippen molar-refractivity contribution < 1.29 is 50.1 Å². The summed E-state index contributed by atoms with van der Waals surface area (Å²) in [6, 6.07) is 22.5. The fraction of sp³-hybridized carbons (Fsp3) is 0.212. The van der Waals surface area contributed by atoms with Gasteiger partial charge in [-0.1, -0.05) is 60.7 Å². The van der Waals surface area contributed by atoms with Crippen molar-refractivity contribution in [3.05, 3.63) is 120 Å². The Labute approximate surface area is 274 Å². The van der Waals surface area contributed by atoms with Crippen LogP contribution in [-0.2, 0) is 27.8 Å². The molecule has 254 valence electrons.